The Morgan fingerprint density at radius 1 is 1.38 bits per heavy atom. The van der Waals surface area contributed by atoms with E-state index in [0.29, 0.717) is 6.54 Å². The third-order valence-corrected chi connectivity index (χ3v) is 4.52. The fourth-order valence-corrected chi connectivity index (χ4v) is 3.26. The number of nitrogens with one attached hydrogen (secondary N) is 1. The fraction of sp³-hybridized carbons (Fsp3) is 0.714. The zero-order valence-electron chi connectivity index (χ0n) is 12.8. The fourth-order valence-electron chi connectivity index (χ4n) is 2.30. The lowest BCUT2D eigenvalue weighted by molar-refractivity contribution is -0.126. The lowest BCUT2D eigenvalue weighted by atomic mass is 9.93. The van der Waals surface area contributed by atoms with Gasteiger partial charge in [0.1, 0.15) is 5.01 Å². The van der Waals surface area contributed by atoms with Gasteiger partial charge in [-0.2, -0.15) is 0 Å². The van der Waals surface area contributed by atoms with Crippen LogP contribution in [0, 0.1) is 0 Å². The maximum atomic E-state index is 12.1. The summed E-state index contributed by atoms with van der Waals surface area (Å²) in [4.78, 5) is 16.7. The molecule has 122 valence electrons. The van der Waals surface area contributed by atoms with Gasteiger partial charge in [-0.3, -0.25) is 4.79 Å². The molecule has 3 N–H and O–H groups in total. The molecule has 1 amide bonds. The summed E-state index contributed by atoms with van der Waals surface area (Å²) in [5.41, 5.74) is 6.59. The van der Waals surface area contributed by atoms with E-state index in [4.69, 9.17) is 5.73 Å². The van der Waals surface area contributed by atoms with Crippen LogP contribution in [-0.4, -0.2) is 16.4 Å². The Kier molecular flexibility index (Phi) is 7.63. The first-order valence-electron chi connectivity index (χ1n) is 6.83. The standard InChI is InChI=1S/C14H23N3OS.2ClH/c1-13(2,3)10-9-19-11(17-10)8-16-12(18)14(15)6-4-5-7-14;;/h9H,4-8,15H2,1-3H3,(H,16,18);2*1H. The molecular weight excluding hydrogens is 329 g/mol. The van der Waals surface area contributed by atoms with E-state index in [1.807, 2.05) is 0 Å². The predicted octanol–water partition coefficient (Wildman–Crippen LogP) is 3.17. The average molecular weight is 354 g/mol. The number of carbonyl (C=O) groups is 1. The number of nitrogens with two attached hydrogens (primary N) is 1. The minimum absolute atomic E-state index is 0. The van der Waals surface area contributed by atoms with Crippen molar-refractivity contribution in [1.29, 1.82) is 0 Å². The zero-order chi connectivity index (χ0) is 14.1. The summed E-state index contributed by atoms with van der Waals surface area (Å²) in [6, 6.07) is 0. The van der Waals surface area contributed by atoms with E-state index in [9.17, 15) is 4.79 Å². The molecular formula is C14H25Cl2N3OS. The lowest BCUT2D eigenvalue weighted by Crippen LogP contribution is -2.51. The summed E-state index contributed by atoms with van der Waals surface area (Å²) >= 11 is 1.59. The van der Waals surface area contributed by atoms with Gasteiger partial charge in [0, 0.05) is 10.8 Å². The maximum Gasteiger partial charge on any atom is 0.240 e. The Balaban J connectivity index is 0.00000200. The highest BCUT2D eigenvalue weighted by molar-refractivity contribution is 7.09. The molecule has 1 aliphatic carbocycles. The van der Waals surface area contributed by atoms with Crippen molar-refractivity contribution in [3.05, 3.63) is 16.1 Å². The Hall–Kier alpha value is -0.360. The molecule has 0 aliphatic heterocycles. The number of amides is 1. The topological polar surface area (TPSA) is 68.0 Å². The Labute approximate surface area is 143 Å². The largest absolute Gasteiger partial charge is 0.348 e. The number of halogens is 2. The van der Waals surface area contributed by atoms with Crippen molar-refractivity contribution >= 4 is 42.1 Å². The number of aromatic nitrogens is 1. The van der Waals surface area contributed by atoms with Gasteiger partial charge >= 0.3 is 0 Å². The van der Waals surface area contributed by atoms with Gasteiger partial charge in [0.15, 0.2) is 0 Å². The second-order valence-electron chi connectivity index (χ2n) is 6.42. The van der Waals surface area contributed by atoms with E-state index in [0.717, 1.165) is 36.4 Å². The van der Waals surface area contributed by atoms with Gasteiger partial charge in [-0.25, -0.2) is 4.98 Å². The van der Waals surface area contributed by atoms with E-state index in [2.05, 4.69) is 36.5 Å². The number of rotatable bonds is 3. The van der Waals surface area contributed by atoms with Gasteiger partial charge in [-0.15, -0.1) is 36.2 Å². The molecule has 7 heteroatoms. The molecule has 0 saturated heterocycles. The van der Waals surface area contributed by atoms with Crippen molar-refractivity contribution in [2.24, 2.45) is 5.73 Å². The highest BCUT2D eigenvalue weighted by atomic mass is 35.5. The molecule has 1 aliphatic rings. The van der Waals surface area contributed by atoms with Gasteiger partial charge in [0.2, 0.25) is 5.91 Å². The second kappa shape index (κ2) is 7.77. The van der Waals surface area contributed by atoms with Crippen LogP contribution in [-0.2, 0) is 16.8 Å². The number of hydrogen-bond donors (Lipinski definition) is 2. The Bertz CT molecular complexity index is 465. The van der Waals surface area contributed by atoms with E-state index in [-0.39, 0.29) is 36.1 Å². The van der Waals surface area contributed by atoms with E-state index >= 15 is 0 Å². The van der Waals surface area contributed by atoms with Crippen LogP contribution in [0.4, 0.5) is 0 Å². The number of carbonyl (C=O) groups excluding carboxylic acids is 1. The van der Waals surface area contributed by atoms with Gasteiger partial charge in [-0.05, 0) is 12.8 Å². The van der Waals surface area contributed by atoms with Gasteiger partial charge in [0.05, 0.1) is 17.8 Å². The van der Waals surface area contributed by atoms with Crippen molar-refractivity contribution in [2.75, 3.05) is 0 Å². The third-order valence-electron chi connectivity index (χ3n) is 3.67. The molecule has 1 heterocycles. The molecule has 0 unspecified atom stereocenters. The highest BCUT2D eigenvalue weighted by Gasteiger charge is 2.36. The zero-order valence-corrected chi connectivity index (χ0v) is 15.2. The molecule has 0 atom stereocenters. The van der Waals surface area contributed by atoms with Crippen LogP contribution in [0.5, 0.6) is 0 Å². The van der Waals surface area contributed by atoms with Crippen LogP contribution in [0.25, 0.3) is 0 Å². The van der Waals surface area contributed by atoms with E-state index in [1.54, 1.807) is 11.3 Å². The molecule has 0 aromatic carbocycles. The van der Waals surface area contributed by atoms with Crippen molar-refractivity contribution in [2.45, 2.75) is 64.0 Å². The quantitative estimate of drug-likeness (QED) is 0.876. The summed E-state index contributed by atoms with van der Waals surface area (Å²) < 4.78 is 0. The molecule has 4 nitrogen and oxygen atoms in total. The van der Waals surface area contributed by atoms with Gasteiger partial charge in [0.25, 0.3) is 0 Å². The van der Waals surface area contributed by atoms with Crippen LogP contribution in [0.1, 0.15) is 57.2 Å². The molecule has 1 aromatic rings. The predicted molar refractivity (Wildman–Crippen MR) is 92.5 cm³/mol. The molecule has 21 heavy (non-hydrogen) atoms. The molecule has 1 aromatic heterocycles. The summed E-state index contributed by atoms with van der Waals surface area (Å²) in [6.07, 6.45) is 3.69. The average Bonchev–Trinajstić information content (AvgIpc) is 2.94. The Morgan fingerprint density at radius 2 is 1.95 bits per heavy atom. The first kappa shape index (κ1) is 20.6. The summed E-state index contributed by atoms with van der Waals surface area (Å²) in [6.45, 7) is 6.89. The van der Waals surface area contributed by atoms with Crippen LogP contribution in [0.15, 0.2) is 5.38 Å². The van der Waals surface area contributed by atoms with Crippen molar-refractivity contribution in [3.63, 3.8) is 0 Å². The maximum absolute atomic E-state index is 12.1. The minimum atomic E-state index is -0.649. The van der Waals surface area contributed by atoms with Crippen LogP contribution >= 0.6 is 36.2 Å². The lowest BCUT2D eigenvalue weighted by Gasteiger charge is -2.21. The van der Waals surface area contributed by atoms with Crippen molar-refractivity contribution in [3.8, 4) is 0 Å². The molecule has 0 spiro atoms. The minimum Gasteiger partial charge on any atom is -0.348 e. The first-order chi connectivity index (χ1) is 8.81. The molecule has 0 radical (unpaired) electrons. The highest BCUT2D eigenvalue weighted by Crippen LogP contribution is 2.27. The van der Waals surface area contributed by atoms with Crippen molar-refractivity contribution < 1.29 is 4.79 Å². The Morgan fingerprint density at radius 3 is 2.43 bits per heavy atom. The molecule has 2 rings (SSSR count). The first-order valence-corrected chi connectivity index (χ1v) is 7.71. The second-order valence-corrected chi connectivity index (χ2v) is 7.37. The summed E-state index contributed by atoms with van der Waals surface area (Å²) in [7, 11) is 0. The third kappa shape index (κ3) is 5.09. The smallest absolute Gasteiger partial charge is 0.240 e. The summed E-state index contributed by atoms with van der Waals surface area (Å²) in [5, 5.41) is 5.94. The SMILES string of the molecule is CC(C)(C)c1csc(CNC(=O)C2(N)CCCC2)n1.Cl.Cl. The van der Waals surface area contributed by atoms with Gasteiger partial charge < -0.3 is 11.1 Å². The number of thiazole rings is 1. The van der Waals surface area contributed by atoms with E-state index < -0.39 is 5.54 Å². The van der Waals surface area contributed by atoms with Gasteiger partial charge in [-0.1, -0.05) is 33.6 Å². The molecule has 1 fully saturated rings. The van der Waals surface area contributed by atoms with E-state index in [1.165, 1.54) is 0 Å². The monoisotopic (exact) mass is 353 g/mol. The summed E-state index contributed by atoms with van der Waals surface area (Å²) in [5.74, 6) is -0.0301. The number of nitrogens with zero attached hydrogens (tertiary/aromatic N) is 1. The van der Waals surface area contributed by atoms with Crippen LogP contribution in [0.2, 0.25) is 0 Å². The van der Waals surface area contributed by atoms with Crippen LogP contribution < -0.4 is 11.1 Å². The van der Waals surface area contributed by atoms with Crippen molar-refractivity contribution in [1.82, 2.24) is 10.3 Å². The van der Waals surface area contributed by atoms with Crippen LogP contribution in [0.3, 0.4) is 0 Å². The molecule has 0 bridgehead atoms. The normalized spacial score (nSPS) is 16.8. The number of hydrogen-bond acceptors (Lipinski definition) is 4. The molecule has 1 saturated carbocycles.